The van der Waals surface area contributed by atoms with Gasteiger partial charge in [-0.2, -0.15) is 15.4 Å². The molecule has 24 heavy (non-hydrogen) atoms. The number of hydrogen-bond acceptors (Lipinski definition) is 4. The maximum absolute atomic E-state index is 12.8. The van der Waals surface area contributed by atoms with Crippen molar-refractivity contribution in [3.05, 3.63) is 34.5 Å². The molecule has 2 heterocycles. The molecule has 128 valence electrons. The lowest BCUT2D eigenvalue weighted by Gasteiger charge is -2.35. The van der Waals surface area contributed by atoms with Crippen LogP contribution in [-0.2, 0) is 24.1 Å². The Bertz CT molecular complexity index is 774. The molecule has 2 aromatic heterocycles. The molecular weight excluding hydrogens is 304 g/mol. The molecule has 0 unspecified atom stereocenters. The smallest absolute Gasteiger partial charge is 0.224 e. The van der Waals surface area contributed by atoms with Crippen molar-refractivity contribution >= 4 is 5.91 Å². The summed E-state index contributed by atoms with van der Waals surface area (Å²) < 4.78 is 5.86. The molecular formula is C18H24N4O2. The number of rotatable bonds is 2. The van der Waals surface area contributed by atoms with Crippen molar-refractivity contribution < 1.29 is 9.21 Å². The van der Waals surface area contributed by atoms with E-state index in [2.05, 4.69) is 40.6 Å². The number of carbonyl (C=O) groups is 1. The SMILES string of the molecule is Cc1cc2c(o1)CC(C)(C)C[C@H]2NC(=O)[C@@H]1CCc2n[nH]nc2C1. The minimum Gasteiger partial charge on any atom is -0.466 e. The van der Waals surface area contributed by atoms with Gasteiger partial charge in [0.1, 0.15) is 11.5 Å². The van der Waals surface area contributed by atoms with Crippen LogP contribution in [0.15, 0.2) is 10.5 Å². The second-order valence-corrected chi connectivity index (χ2v) is 8.00. The second-order valence-electron chi connectivity index (χ2n) is 8.00. The first-order valence-corrected chi connectivity index (χ1v) is 8.69. The quantitative estimate of drug-likeness (QED) is 0.887. The van der Waals surface area contributed by atoms with E-state index in [0.29, 0.717) is 6.42 Å². The Morgan fingerprint density at radius 3 is 3.00 bits per heavy atom. The minimum atomic E-state index is -0.0240. The lowest BCUT2D eigenvalue weighted by Crippen LogP contribution is -2.40. The lowest BCUT2D eigenvalue weighted by atomic mass is 9.74. The Kier molecular flexibility index (Phi) is 3.51. The van der Waals surface area contributed by atoms with Crippen LogP contribution in [0.4, 0.5) is 0 Å². The predicted molar refractivity (Wildman–Crippen MR) is 88.3 cm³/mol. The van der Waals surface area contributed by atoms with Crippen LogP contribution in [0.25, 0.3) is 0 Å². The van der Waals surface area contributed by atoms with E-state index < -0.39 is 0 Å². The van der Waals surface area contributed by atoms with Crippen LogP contribution >= 0.6 is 0 Å². The second kappa shape index (κ2) is 5.46. The Balaban J connectivity index is 1.51. The van der Waals surface area contributed by atoms with Gasteiger partial charge in [0, 0.05) is 24.3 Å². The summed E-state index contributed by atoms with van der Waals surface area (Å²) in [5.74, 6) is 2.04. The first kappa shape index (κ1) is 15.4. The van der Waals surface area contributed by atoms with Crippen molar-refractivity contribution in [2.75, 3.05) is 0 Å². The average molecular weight is 328 g/mol. The Labute approximate surface area is 141 Å². The number of nitrogens with zero attached hydrogens (tertiary/aromatic N) is 2. The van der Waals surface area contributed by atoms with Crippen LogP contribution in [0.1, 0.15) is 61.2 Å². The van der Waals surface area contributed by atoms with Crippen molar-refractivity contribution in [2.24, 2.45) is 11.3 Å². The van der Waals surface area contributed by atoms with Gasteiger partial charge in [-0.25, -0.2) is 0 Å². The number of fused-ring (bicyclic) bond motifs is 2. The number of nitrogens with one attached hydrogen (secondary N) is 2. The predicted octanol–water partition coefficient (Wildman–Crippen LogP) is 2.64. The maximum Gasteiger partial charge on any atom is 0.224 e. The number of H-pyrrole nitrogens is 1. The van der Waals surface area contributed by atoms with Gasteiger partial charge >= 0.3 is 0 Å². The number of aromatic nitrogens is 3. The van der Waals surface area contributed by atoms with Crippen LogP contribution in [0, 0.1) is 18.3 Å². The van der Waals surface area contributed by atoms with Gasteiger partial charge in [-0.15, -0.1) is 0 Å². The van der Waals surface area contributed by atoms with Crippen LogP contribution < -0.4 is 5.32 Å². The average Bonchev–Trinajstić information content (AvgIpc) is 3.10. The highest BCUT2D eigenvalue weighted by Gasteiger charge is 2.37. The molecule has 0 saturated carbocycles. The van der Waals surface area contributed by atoms with Gasteiger partial charge in [-0.05, 0) is 37.7 Å². The fraction of sp³-hybridized carbons (Fsp3) is 0.611. The van der Waals surface area contributed by atoms with Crippen molar-refractivity contribution in [3.63, 3.8) is 0 Å². The van der Waals surface area contributed by atoms with Crippen LogP contribution in [-0.4, -0.2) is 21.3 Å². The minimum absolute atomic E-state index is 0.0240. The summed E-state index contributed by atoms with van der Waals surface area (Å²) >= 11 is 0. The number of aryl methyl sites for hydroxylation is 2. The number of carbonyl (C=O) groups excluding carboxylic acids is 1. The largest absolute Gasteiger partial charge is 0.466 e. The summed E-state index contributed by atoms with van der Waals surface area (Å²) in [4.78, 5) is 12.8. The zero-order valence-electron chi connectivity index (χ0n) is 14.5. The van der Waals surface area contributed by atoms with E-state index in [0.717, 1.165) is 54.2 Å². The molecule has 0 fully saturated rings. The molecule has 2 aromatic rings. The van der Waals surface area contributed by atoms with Crippen LogP contribution in [0.5, 0.6) is 0 Å². The molecule has 0 bridgehead atoms. The van der Waals surface area contributed by atoms with Gasteiger partial charge < -0.3 is 9.73 Å². The highest BCUT2D eigenvalue weighted by Crippen LogP contribution is 2.42. The van der Waals surface area contributed by atoms with Gasteiger partial charge in [-0.1, -0.05) is 13.8 Å². The van der Waals surface area contributed by atoms with E-state index >= 15 is 0 Å². The Morgan fingerprint density at radius 2 is 2.17 bits per heavy atom. The first-order valence-electron chi connectivity index (χ1n) is 8.69. The van der Waals surface area contributed by atoms with Crippen molar-refractivity contribution in [3.8, 4) is 0 Å². The highest BCUT2D eigenvalue weighted by atomic mass is 16.3. The molecule has 2 N–H and O–H groups in total. The molecule has 6 nitrogen and oxygen atoms in total. The number of hydrogen-bond donors (Lipinski definition) is 2. The lowest BCUT2D eigenvalue weighted by molar-refractivity contribution is -0.126. The normalized spacial score (nSPS) is 25.0. The topological polar surface area (TPSA) is 83.8 Å². The molecule has 2 atom stereocenters. The van der Waals surface area contributed by atoms with E-state index in [1.165, 1.54) is 0 Å². The third kappa shape index (κ3) is 2.74. The van der Waals surface area contributed by atoms with Gasteiger partial charge in [0.2, 0.25) is 5.91 Å². The monoisotopic (exact) mass is 328 g/mol. The zero-order chi connectivity index (χ0) is 16.9. The highest BCUT2D eigenvalue weighted by molar-refractivity contribution is 5.79. The van der Waals surface area contributed by atoms with Gasteiger partial charge in [-0.3, -0.25) is 4.79 Å². The summed E-state index contributed by atoms with van der Waals surface area (Å²) in [5, 5.41) is 14.2. The zero-order valence-corrected chi connectivity index (χ0v) is 14.5. The molecule has 0 aliphatic heterocycles. The Hall–Kier alpha value is -2.11. The molecule has 0 saturated heterocycles. The fourth-order valence-electron chi connectivity index (χ4n) is 4.11. The third-order valence-electron chi connectivity index (χ3n) is 5.30. The van der Waals surface area contributed by atoms with Gasteiger partial charge in [0.05, 0.1) is 17.4 Å². The molecule has 0 spiro atoms. The molecule has 4 rings (SSSR count). The van der Waals surface area contributed by atoms with E-state index in [1.54, 1.807) is 0 Å². The van der Waals surface area contributed by atoms with Crippen molar-refractivity contribution in [1.29, 1.82) is 0 Å². The number of aromatic amines is 1. The fourth-order valence-corrected chi connectivity index (χ4v) is 4.11. The summed E-state index contributed by atoms with van der Waals surface area (Å²) in [6.45, 7) is 6.43. The number of amides is 1. The summed E-state index contributed by atoms with van der Waals surface area (Å²) in [5.41, 5.74) is 3.22. The van der Waals surface area contributed by atoms with E-state index in [1.807, 2.05) is 6.92 Å². The van der Waals surface area contributed by atoms with Crippen molar-refractivity contribution in [1.82, 2.24) is 20.7 Å². The molecule has 0 radical (unpaired) electrons. The molecule has 0 aromatic carbocycles. The van der Waals surface area contributed by atoms with Crippen LogP contribution in [0.3, 0.4) is 0 Å². The molecule has 2 aliphatic rings. The first-order chi connectivity index (χ1) is 11.4. The molecule has 2 aliphatic carbocycles. The van der Waals surface area contributed by atoms with Crippen LogP contribution in [0.2, 0.25) is 0 Å². The number of furan rings is 1. The molecule has 6 heteroatoms. The third-order valence-corrected chi connectivity index (χ3v) is 5.30. The van der Waals surface area contributed by atoms with Crippen molar-refractivity contribution in [2.45, 2.75) is 58.9 Å². The standard InChI is InChI=1S/C18H24N4O2/c1-10-6-12-15(8-18(2,3)9-16(12)24-10)19-17(23)11-4-5-13-14(7-11)21-22-20-13/h6,11,15H,4-5,7-9H2,1-3H3,(H,19,23)(H,20,21,22)/t11-,15-/m1/s1. The van der Waals surface area contributed by atoms with Gasteiger partial charge in [0.15, 0.2) is 0 Å². The van der Waals surface area contributed by atoms with Gasteiger partial charge in [0.25, 0.3) is 0 Å². The maximum atomic E-state index is 12.8. The summed E-state index contributed by atoms with van der Waals surface area (Å²) in [6.07, 6.45) is 4.18. The van der Waals surface area contributed by atoms with E-state index in [-0.39, 0.29) is 23.3 Å². The molecule has 1 amide bonds. The summed E-state index contributed by atoms with van der Waals surface area (Å²) in [7, 11) is 0. The van der Waals surface area contributed by atoms with E-state index in [4.69, 9.17) is 4.42 Å². The summed E-state index contributed by atoms with van der Waals surface area (Å²) in [6, 6.07) is 2.11. The van der Waals surface area contributed by atoms with E-state index in [9.17, 15) is 4.79 Å². The Morgan fingerprint density at radius 1 is 1.38 bits per heavy atom.